The molecule has 0 heterocycles. The second-order valence-electron chi connectivity index (χ2n) is 5.43. The molecule has 4 rings (SSSR count). The molecule has 4 aromatic carbocycles. The van der Waals surface area contributed by atoms with Crippen LogP contribution in [-0.4, -0.2) is 20.2 Å². The minimum absolute atomic E-state index is 0. The van der Waals surface area contributed by atoms with Gasteiger partial charge in [0.1, 0.15) is 10.5 Å². The van der Waals surface area contributed by atoms with E-state index in [9.17, 15) is 0 Å². The zero-order valence-electron chi connectivity index (χ0n) is 12.3. The third-order valence-corrected chi connectivity index (χ3v) is 6.17. The zero-order chi connectivity index (χ0) is 14.2. The van der Waals surface area contributed by atoms with Crippen molar-refractivity contribution in [2.45, 2.75) is 0 Å². The summed E-state index contributed by atoms with van der Waals surface area (Å²) >= 11 is 0. The van der Waals surface area contributed by atoms with Crippen molar-refractivity contribution in [2.24, 2.45) is 0 Å². The van der Waals surface area contributed by atoms with Gasteiger partial charge in [-0.2, -0.15) is 0 Å². The van der Waals surface area contributed by atoms with Gasteiger partial charge in [-0.1, -0.05) is 54.6 Å². The summed E-state index contributed by atoms with van der Waals surface area (Å²) in [6.45, 7) is 0. The van der Waals surface area contributed by atoms with E-state index in [2.05, 4.69) is 66.7 Å². The molecular formula is C18H16OPtSi2. The second-order valence-corrected chi connectivity index (χ2v) is 8.79. The normalized spacial score (nSPS) is 11.6. The molecule has 0 unspecified atom stereocenters. The third kappa shape index (κ3) is 2.59. The van der Waals surface area contributed by atoms with Crippen LogP contribution in [0, 0.1) is 0 Å². The number of benzene rings is 4. The van der Waals surface area contributed by atoms with Crippen molar-refractivity contribution >= 4 is 57.8 Å². The maximum absolute atomic E-state index is 5.65. The second kappa shape index (κ2) is 6.47. The van der Waals surface area contributed by atoms with Crippen molar-refractivity contribution in [3.8, 4) is 0 Å². The van der Waals surface area contributed by atoms with Crippen LogP contribution in [0.25, 0.3) is 32.3 Å². The van der Waals surface area contributed by atoms with Crippen LogP contribution in [-0.2, 0) is 25.2 Å². The van der Waals surface area contributed by atoms with E-state index < -0.39 is 9.76 Å². The Bertz CT molecular complexity index is 969. The summed E-state index contributed by atoms with van der Waals surface area (Å²) in [6, 6.07) is 24.3. The summed E-state index contributed by atoms with van der Waals surface area (Å²) < 4.78 is 5.65. The summed E-state index contributed by atoms with van der Waals surface area (Å²) in [4.78, 5) is 0. The number of hydrogen-bond acceptors (Lipinski definition) is 1. The fourth-order valence-corrected chi connectivity index (χ4v) is 5.17. The monoisotopic (exact) mass is 499 g/mol. The van der Waals surface area contributed by atoms with Gasteiger partial charge in [0.25, 0.3) is 0 Å². The van der Waals surface area contributed by atoms with Gasteiger partial charge in [-0.05, 0) is 49.6 Å². The average molecular weight is 500 g/mol. The van der Waals surface area contributed by atoms with E-state index in [0.717, 1.165) is 10.5 Å². The molecule has 22 heavy (non-hydrogen) atoms. The number of rotatable bonds is 2. The Morgan fingerprint density at radius 2 is 1.41 bits per heavy atom. The fraction of sp³-hybridized carbons (Fsp3) is 0. The topological polar surface area (TPSA) is 9.23 Å². The van der Waals surface area contributed by atoms with Crippen molar-refractivity contribution in [1.29, 1.82) is 0 Å². The van der Waals surface area contributed by atoms with E-state index >= 15 is 0 Å². The molecule has 0 amide bonds. The molecule has 0 N–H and O–H groups in total. The molecule has 1 nitrogen and oxygen atoms in total. The molecule has 112 valence electrons. The van der Waals surface area contributed by atoms with Crippen molar-refractivity contribution in [3.63, 3.8) is 0 Å². The van der Waals surface area contributed by atoms with E-state index in [4.69, 9.17) is 4.12 Å². The molecule has 0 aliphatic heterocycles. The van der Waals surface area contributed by atoms with Gasteiger partial charge in [0.2, 0.25) is 0 Å². The molecule has 0 saturated heterocycles. The largest absolute Gasteiger partial charge is 0.465 e. The quantitative estimate of drug-likeness (QED) is 0.233. The van der Waals surface area contributed by atoms with Gasteiger partial charge in [0.05, 0.1) is 0 Å². The Morgan fingerprint density at radius 3 is 2.18 bits per heavy atom. The van der Waals surface area contributed by atoms with Crippen molar-refractivity contribution in [1.82, 2.24) is 0 Å². The first-order chi connectivity index (χ1) is 10.4. The molecule has 0 spiro atoms. The van der Waals surface area contributed by atoms with Gasteiger partial charge < -0.3 is 4.12 Å². The van der Waals surface area contributed by atoms with Gasteiger partial charge in [0.15, 0.2) is 9.76 Å². The van der Waals surface area contributed by atoms with Gasteiger partial charge in [0, 0.05) is 21.1 Å². The Balaban J connectivity index is 0.00000144. The van der Waals surface area contributed by atoms with E-state index in [1.807, 2.05) is 0 Å². The Kier molecular flexibility index (Phi) is 4.60. The maximum Gasteiger partial charge on any atom is 0.178 e. The molecule has 0 radical (unpaired) electrons. The molecule has 0 aromatic heterocycles. The average Bonchev–Trinajstić information content (AvgIpc) is 2.53. The first kappa shape index (κ1) is 15.6. The molecule has 4 aromatic rings. The summed E-state index contributed by atoms with van der Waals surface area (Å²) in [6.07, 6.45) is 0. The van der Waals surface area contributed by atoms with Crippen LogP contribution < -0.4 is 5.19 Å². The van der Waals surface area contributed by atoms with E-state index in [0.29, 0.717) is 0 Å². The van der Waals surface area contributed by atoms with Crippen LogP contribution in [0.1, 0.15) is 0 Å². The van der Waals surface area contributed by atoms with E-state index in [1.54, 1.807) is 0 Å². The standard InChI is InChI=1S/C18H16OSi2.Pt/c20-19-21-17-7-3-6-12-8-9-15-10-13-4-1-2-5-14(13)11-16(15)18(12)17;/h1-11H,21H2,20H3;. The predicted octanol–water partition coefficient (Wildman–Crippen LogP) is 2.15. The van der Waals surface area contributed by atoms with Crippen molar-refractivity contribution in [2.75, 3.05) is 0 Å². The number of hydrogen-bond donors (Lipinski definition) is 0. The molecular weight excluding hydrogens is 483 g/mol. The van der Waals surface area contributed by atoms with Gasteiger partial charge in [-0.15, -0.1) is 0 Å². The van der Waals surface area contributed by atoms with Crippen LogP contribution >= 0.6 is 0 Å². The smallest absolute Gasteiger partial charge is 0.178 e. The van der Waals surface area contributed by atoms with Crippen LogP contribution in [0.3, 0.4) is 0 Å². The fourth-order valence-electron chi connectivity index (χ4n) is 3.16. The van der Waals surface area contributed by atoms with E-state index in [1.165, 1.54) is 37.5 Å². The molecule has 4 heteroatoms. The van der Waals surface area contributed by atoms with E-state index in [-0.39, 0.29) is 21.1 Å². The Labute approximate surface area is 149 Å². The molecule has 0 aliphatic carbocycles. The minimum Gasteiger partial charge on any atom is -0.465 e. The van der Waals surface area contributed by atoms with Crippen LogP contribution in [0.15, 0.2) is 66.7 Å². The molecule has 0 aliphatic rings. The molecule has 0 bridgehead atoms. The number of fused-ring (bicyclic) bond motifs is 4. The SMILES string of the molecule is [Pt].[SiH3]O[SiH2]c1cccc2ccc3cc4ccccc4cc3c12. The summed E-state index contributed by atoms with van der Waals surface area (Å²) in [5.41, 5.74) is 0. The summed E-state index contributed by atoms with van der Waals surface area (Å²) in [5.74, 6) is 0. The zero-order valence-corrected chi connectivity index (χ0v) is 18.0. The molecule has 0 fully saturated rings. The minimum atomic E-state index is -0.601. The Hall–Kier alpha value is -1.26. The first-order valence-corrected chi connectivity index (χ1v) is 9.29. The molecule has 0 saturated carbocycles. The predicted molar refractivity (Wildman–Crippen MR) is 98.2 cm³/mol. The van der Waals surface area contributed by atoms with Gasteiger partial charge in [-0.25, -0.2) is 0 Å². The molecule has 0 atom stereocenters. The first-order valence-electron chi connectivity index (χ1n) is 7.19. The van der Waals surface area contributed by atoms with Gasteiger partial charge >= 0.3 is 0 Å². The van der Waals surface area contributed by atoms with Crippen LogP contribution in [0.4, 0.5) is 0 Å². The van der Waals surface area contributed by atoms with Crippen molar-refractivity contribution in [3.05, 3.63) is 66.7 Å². The summed E-state index contributed by atoms with van der Waals surface area (Å²) in [7, 11) is 0.228. The van der Waals surface area contributed by atoms with Crippen LogP contribution in [0.5, 0.6) is 0 Å². The maximum atomic E-state index is 5.65. The van der Waals surface area contributed by atoms with Crippen molar-refractivity contribution < 1.29 is 25.2 Å². The third-order valence-electron chi connectivity index (χ3n) is 4.11. The Morgan fingerprint density at radius 1 is 0.727 bits per heavy atom. The van der Waals surface area contributed by atoms with Crippen LogP contribution in [0.2, 0.25) is 0 Å². The summed E-state index contributed by atoms with van der Waals surface area (Å²) in [5, 5.41) is 9.41. The van der Waals surface area contributed by atoms with Gasteiger partial charge in [-0.3, -0.25) is 0 Å².